The summed E-state index contributed by atoms with van der Waals surface area (Å²) < 4.78 is 6.54. The van der Waals surface area contributed by atoms with Crippen molar-refractivity contribution < 1.29 is 4.42 Å². The normalized spacial score (nSPS) is 13.2. The van der Waals surface area contributed by atoms with Crippen molar-refractivity contribution in [2.45, 2.75) is 19.3 Å². The minimum Gasteiger partial charge on any atom is -0.456 e. The van der Waals surface area contributed by atoms with E-state index >= 15 is 0 Å². The quantitative estimate of drug-likeness (QED) is 0.175. The first-order chi connectivity index (χ1) is 26.9. The third-order valence-electron chi connectivity index (χ3n) is 14.1. The number of para-hydroxylation sites is 1. The summed E-state index contributed by atoms with van der Waals surface area (Å²) in [4.78, 5) is 0. The average molecular weight is 707 g/mol. The van der Waals surface area contributed by atoms with E-state index < -0.39 is 0 Å². The lowest BCUT2D eigenvalue weighted by atomic mass is 9.59. The maximum absolute atomic E-state index is 6.54. The molecule has 9 aromatic rings. The Morgan fingerprint density at radius 3 is 1.55 bits per heavy atom. The zero-order valence-corrected chi connectivity index (χ0v) is 34.3. The Kier molecular flexibility index (Phi) is 7.70. The van der Waals surface area contributed by atoms with Crippen LogP contribution in [0.2, 0.25) is 0 Å². The summed E-state index contributed by atoms with van der Waals surface area (Å²) in [6.07, 6.45) is 0. The van der Waals surface area contributed by atoms with Crippen LogP contribution in [0.4, 0.5) is 0 Å². The summed E-state index contributed by atoms with van der Waals surface area (Å²) in [7, 11) is 18.6. The van der Waals surface area contributed by atoms with E-state index in [1.807, 2.05) is 0 Å². The van der Waals surface area contributed by atoms with Gasteiger partial charge in [0.15, 0.2) is 0 Å². The zero-order valence-electron chi connectivity index (χ0n) is 34.3. The highest BCUT2D eigenvalue weighted by atomic mass is 16.3. The second-order valence-electron chi connectivity index (χ2n) is 17.0. The molecule has 1 aliphatic rings. The van der Waals surface area contributed by atoms with E-state index in [-0.39, 0.29) is 5.41 Å². The smallest absolute Gasteiger partial charge is 0.139 e. The number of benzene rings is 8. The van der Waals surface area contributed by atoms with Gasteiger partial charge in [0.2, 0.25) is 0 Å². The lowest BCUT2D eigenvalue weighted by Crippen LogP contribution is -2.50. The molecular weight excluding hydrogens is 667 g/mol. The molecule has 56 heavy (non-hydrogen) atoms. The van der Waals surface area contributed by atoms with Crippen molar-refractivity contribution in [3.05, 3.63) is 120 Å². The first-order valence-corrected chi connectivity index (χ1v) is 20.1. The van der Waals surface area contributed by atoms with Crippen LogP contribution in [0.5, 0.6) is 0 Å². The van der Waals surface area contributed by atoms with Gasteiger partial charge >= 0.3 is 0 Å². The molecule has 0 N–H and O–H groups in total. The Balaban J connectivity index is 1.35. The van der Waals surface area contributed by atoms with Gasteiger partial charge in [-0.2, -0.15) is 0 Å². The predicted molar refractivity (Wildman–Crippen MR) is 268 cm³/mol. The Bertz CT molecular complexity index is 3130. The second kappa shape index (κ2) is 12.3. The van der Waals surface area contributed by atoms with E-state index in [2.05, 4.69) is 186 Å². The van der Waals surface area contributed by atoms with Crippen molar-refractivity contribution in [1.29, 1.82) is 0 Å². The van der Waals surface area contributed by atoms with Gasteiger partial charge in [0.1, 0.15) is 73.9 Å². The molecule has 0 saturated carbocycles. The largest absolute Gasteiger partial charge is 0.456 e. The van der Waals surface area contributed by atoms with Crippen molar-refractivity contribution >= 4 is 150 Å². The minimum atomic E-state index is -0.0181. The van der Waals surface area contributed by atoms with Crippen LogP contribution >= 0.6 is 0 Å². The second-order valence-corrected chi connectivity index (χ2v) is 17.0. The predicted octanol–water partition coefficient (Wildman–Crippen LogP) is -0.733. The van der Waals surface area contributed by atoms with Crippen LogP contribution in [0.1, 0.15) is 25.0 Å². The molecule has 8 aromatic carbocycles. The summed E-state index contributed by atoms with van der Waals surface area (Å²) in [5.74, 6) is 0. The fourth-order valence-electron chi connectivity index (χ4n) is 10.4. The lowest BCUT2D eigenvalue weighted by Gasteiger charge is -2.28. The van der Waals surface area contributed by atoms with E-state index in [0.717, 1.165) is 16.6 Å². The highest BCUT2D eigenvalue weighted by Gasteiger charge is 2.35. The highest BCUT2D eigenvalue weighted by Crippen LogP contribution is 2.50. The summed E-state index contributed by atoms with van der Waals surface area (Å²) in [5, 5.41) is 7.74. The third kappa shape index (κ3) is 4.67. The molecule has 0 aliphatic heterocycles. The van der Waals surface area contributed by atoms with Crippen molar-refractivity contribution in [3.8, 4) is 44.5 Å². The molecule has 9 heteroatoms. The van der Waals surface area contributed by atoms with E-state index in [4.69, 9.17) is 4.42 Å². The molecule has 0 radical (unpaired) electrons. The van der Waals surface area contributed by atoms with Crippen molar-refractivity contribution in [3.63, 3.8) is 0 Å². The van der Waals surface area contributed by atoms with E-state index in [1.54, 1.807) is 0 Å². The first-order valence-electron chi connectivity index (χ1n) is 20.1. The van der Waals surface area contributed by atoms with Gasteiger partial charge in [-0.05, 0) is 101 Å². The molecule has 1 heterocycles. The minimum absolute atomic E-state index is 0.0181. The topological polar surface area (TPSA) is 13.1 Å². The van der Waals surface area contributed by atoms with Crippen LogP contribution in [0, 0.1) is 0 Å². The van der Waals surface area contributed by atoms with Gasteiger partial charge in [-0.15, -0.1) is 21.9 Å². The van der Waals surface area contributed by atoms with Gasteiger partial charge in [0.25, 0.3) is 0 Å². The van der Waals surface area contributed by atoms with E-state index in [0.29, 0.717) is 0 Å². The molecule has 0 fully saturated rings. The maximum atomic E-state index is 6.54. The summed E-state index contributed by atoms with van der Waals surface area (Å²) in [6, 6.07) is 40.6. The number of furan rings is 1. The molecule has 0 unspecified atom stereocenters. The van der Waals surface area contributed by atoms with Crippen LogP contribution in [-0.4, -0.2) is 62.8 Å². The number of rotatable bonds is 3. The zero-order chi connectivity index (χ0) is 38.9. The van der Waals surface area contributed by atoms with Crippen LogP contribution < -0.4 is 43.7 Å². The molecule has 0 spiro atoms. The Labute approximate surface area is 336 Å². The molecule has 0 bridgehead atoms. The highest BCUT2D eigenvalue weighted by molar-refractivity contribution is 6.71. The van der Waals surface area contributed by atoms with Crippen LogP contribution in [-0.2, 0) is 5.41 Å². The standard InChI is InChI=1S/C47H40B8O/c1-47(2)28-14-5-3-11-24(28)27-20-22(17-18-29(27)47)21-9-7-10-23(19-21)32-35-37(41(50)45(54)43(52)39(35)48)34(38-36(32)40(49)44(53)46(55)42(38)51)26-13-8-16-31-33(26)25-12-4-6-15-30(25)56-31/h3-20H,48-55H2,1-2H3. The van der Waals surface area contributed by atoms with Crippen LogP contribution in [0.3, 0.4) is 0 Å². The van der Waals surface area contributed by atoms with Crippen LogP contribution in [0.15, 0.2) is 114 Å². The molecule has 1 aromatic heterocycles. The van der Waals surface area contributed by atoms with Gasteiger partial charge in [0.05, 0.1) is 0 Å². The number of hydrogen-bond donors (Lipinski definition) is 0. The molecule has 0 atom stereocenters. The van der Waals surface area contributed by atoms with Gasteiger partial charge in [-0.3, -0.25) is 0 Å². The maximum Gasteiger partial charge on any atom is 0.139 e. The van der Waals surface area contributed by atoms with Crippen molar-refractivity contribution in [2.24, 2.45) is 0 Å². The van der Waals surface area contributed by atoms with Gasteiger partial charge in [0, 0.05) is 16.2 Å². The lowest BCUT2D eigenvalue weighted by molar-refractivity contribution is 0.660. The molecule has 0 saturated heterocycles. The molecule has 258 valence electrons. The SMILES string of the molecule is Bc1c(B)c(B)c2c(-c3cccc4oc5ccccc5c34)c3c(B)c(B)c(B)c(B)c3c(-c3cccc(-c4ccc5c(c4)-c4ccccc4C5(C)C)c3)c2c1B. The van der Waals surface area contributed by atoms with Gasteiger partial charge in [-0.1, -0.05) is 121 Å². The third-order valence-corrected chi connectivity index (χ3v) is 14.1. The van der Waals surface area contributed by atoms with Crippen LogP contribution in [0.25, 0.3) is 88.0 Å². The first kappa shape index (κ1) is 35.0. The summed E-state index contributed by atoms with van der Waals surface area (Å²) >= 11 is 0. The van der Waals surface area contributed by atoms with E-state index in [9.17, 15) is 0 Å². The fourth-order valence-corrected chi connectivity index (χ4v) is 10.4. The molecular formula is C47H40B8O. The van der Waals surface area contributed by atoms with Gasteiger partial charge < -0.3 is 4.42 Å². The monoisotopic (exact) mass is 708 g/mol. The average Bonchev–Trinajstić information content (AvgIpc) is 3.71. The number of fused-ring (bicyclic) bond motifs is 8. The van der Waals surface area contributed by atoms with Gasteiger partial charge in [-0.25, -0.2) is 0 Å². The number of hydrogen-bond acceptors (Lipinski definition) is 1. The van der Waals surface area contributed by atoms with Crippen molar-refractivity contribution in [2.75, 3.05) is 0 Å². The Hall–Kier alpha value is -5.40. The molecule has 1 nitrogen and oxygen atoms in total. The summed E-state index contributed by atoms with van der Waals surface area (Å²) in [6.45, 7) is 4.71. The molecule has 1 aliphatic carbocycles. The van der Waals surface area contributed by atoms with E-state index in [1.165, 1.54) is 126 Å². The molecule has 10 rings (SSSR count). The Morgan fingerprint density at radius 1 is 0.375 bits per heavy atom. The Morgan fingerprint density at radius 2 is 0.875 bits per heavy atom. The summed E-state index contributed by atoms with van der Waals surface area (Å²) in [5.41, 5.74) is 25.8. The molecule has 0 amide bonds. The van der Waals surface area contributed by atoms with Crippen molar-refractivity contribution in [1.82, 2.24) is 0 Å². The fraction of sp³-hybridized carbons (Fsp3) is 0.0638.